The van der Waals surface area contributed by atoms with E-state index in [9.17, 15) is 22.8 Å². The van der Waals surface area contributed by atoms with E-state index in [0.717, 1.165) is 25.3 Å². The van der Waals surface area contributed by atoms with Crippen molar-refractivity contribution in [1.82, 2.24) is 4.90 Å². The fraction of sp³-hybridized carbons (Fsp3) is 0.556. The molecule has 6 nitrogen and oxygen atoms in total. The third-order valence-electron chi connectivity index (χ3n) is 5.34. The van der Waals surface area contributed by atoms with Crippen LogP contribution in [0.3, 0.4) is 0 Å². The zero-order valence-corrected chi connectivity index (χ0v) is 15.4. The Morgan fingerprint density at radius 1 is 1.30 bits per heavy atom. The number of ether oxygens (including phenoxy) is 1. The van der Waals surface area contributed by atoms with Crippen molar-refractivity contribution in [2.75, 3.05) is 25.5 Å². The molecule has 0 spiro atoms. The summed E-state index contributed by atoms with van der Waals surface area (Å²) in [5, 5.41) is 12.0. The molecule has 1 atom stereocenters. The zero-order chi connectivity index (χ0) is 20.4. The molecule has 1 heterocycles. The van der Waals surface area contributed by atoms with Crippen LogP contribution >= 0.6 is 0 Å². The van der Waals surface area contributed by atoms with Crippen molar-refractivity contribution >= 4 is 17.7 Å². The first-order valence-corrected chi connectivity index (χ1v) is 8.52. The molecule has 1 aliphatic heterocycles. The summed E-state index contributed by atoms with van der Waals surface area (Å²) >= 11 is 0. The summed E-state index contributed by atoms with van der Waals surface area (Å²) in [6, 6.07) is 2.71. The molecule has 1 amide bonds. The number of carboxylic acid groups (broad SMARTS) is 1. The molecule has 1 aromatic carbocycles. The number of carbonyl (C=O) groups excluding carboxylic acids is 1. The fourth-order valence-corrected chi connectivity index (χ4v) is 3.21. The van der Waals surface area contributed by atoms with Crippen LogP contribution in [0.2, 0.25) is 0 Å². The number of esters is 1. The Morgan fingerprint density at radius 3 is 2.37 bits per heavy atom. The maximum Gasteiger partial charge on any atom is 0.418 e. The van der Waals surface area contributed by atoms with Gasteiger partial charge in [-0.15, -0.1) is 0 Å². The zero-order valence-electron chi connectivity index (χ0n) is 15.4. The van der Waals surface area contributed by atoms with E-state index in [1.807, 2.05) is 6.92 Å². The molecule has 27 heavy (non-hydrogen) atoms. The summed E-state index contributed by atoms with van der Waals surface area (Å²) in [5.41, 5.74) is -1.43. The van der Waals surface area contributed by atoms with E-state index < -0.39 is 29.2 Å². The monoisotopic (exact) mass is 388 g/mol. The second kappa shape index (κ2) is 7.66. The number of benzene rings is 1. The Kier molecular flexibility index (Phi) is 5.91. The second-order valence-electron chi connectivity index (χ2n) is 7.04. The van der Waals surface area contributed by atoms with E-state index in [0.29, 0.717) is 25.9 Å². The molecular formula is C18H23F3N2O4. The number of piperidine rings is 1. The number of likely N-dealkylation sites (tertiary alicyclic amines) is 1. The largest absolute Gasteiger partial charge is 0.465 e. The Hall–Kier alpha value is -2.45. The summed E-state index contributed by atoms with van der Waals surface area (Å²) in [4.78, 5) is 24.0. The van der Waals surface area contributed by atoms with E-state index in [1.54, 1.807) is 6.92 Å². The molecule has 2 rings (SSSR count). The molecular weight excluding hydrogens is 365 g/mol. The molecule has 1 aromatic rings. The number of alkyl halides is 3. The molecule has 1 fully saturated rings. The summed E-state index contributed by atoms with van der Waals surface area (Å²) < 4.78 is 44.7. The number of anilines is 1. The van der Waals surface area contributed by atoms with Crippen molar-refractivity contribution in [2.24, 2.45) is 5.41 Å². The molecule has 1 saturated heterocycles. The van der Waals surface area contributed by atoms with Gasteiger partial charge in [0, 0.05) is 24.8 Å². The van der Waals surface area contributed by atoms with Crippen LogP contribution in [0, 0.1) is 5.41 Å². The number of methoxy groups -OCH3 is 1. The van der Waals surface area contributed by atoms with Crippen LogP contribution in [0.5, 0.6) is 0 Å². The first-order chi connectivity index (χ1) is 12.5. The normalized spacial score (nSPS) is 17.9. The number of carbonyl (C=O) groups is 2. The number of nitrogens with one attached hydrogen (secondary N) is 1. The average molecular weight is 388 g/mol. The van der Waals surface area contributed by atoms with E-state index >= 15 is 0 Å². The van der Waals surface area contributed by atoms with Gasteiger partial charge in [0.15, 0.2) is 0 Å². The lowest BCUT2D eigenvalue weighted by Gasteiger charge is -2.43. The molecule has 0 bridgehead atoms. The van der Waals surface area contributed by atoms with Crippen LogP contribution in [0.15, 0.2) is 18.2 Å². The van der Waals surface area contributed by atoms with Gasteiger partial charge < -0.3 is 20.1 Å². The van der Waals surface area contributed by atoms with Gasteiger partial charge >= 0.3 is 18.2 Å². The van der Waals surface area contributed by atoms with Gasteiger partial charge in [0.05, 0.1) is 18.2 Å². The predicted octanol–water partition coefficient (Wildman–Crippen LogP) is 4.07. The SMILES string of the molecule is COC(=O)c1ccc(C(F)(F)F)c(NC(C)C2(C)CCN(C(=O)O)CC2)c1. The quantitative estimate of drug-likeness (QED) is 0.760. The van der Waals surface area contributed by atoms with Crippen LogP contribution in [0.1, 0.15) is 42.6 Å². The Balaban J connectivity index is 2.26. The van der Waals surface area contributed by atoms with Crippen molar-refractivity contribution in [1.29, 1.82) is 0 Å². The van der Waals surface area contributed by atoms with Crippen LogP contribution < -0.4 is 5.32 Å². The molecule has 1 aliphatic rings. The standard InChI is InChI=1S/C18H23F3N2O4/c1-11(17(2)6-8-23(9-7-17)16(25)26)22-14-10-12(15(24)27-3)4-5-13(14)18(19,20)21/h4-5,10-11,22H,6-9H2,1-3H3,(H,25,26). The lowest BCUT2D eigenvalue weighted by molar-refractivity contribution is -0.137. The molecule has 0 aliphatic carbocycles. The van der Waals surface area contributed by atoms with Crippen molar-refractivity contribution in [3.63, 3.8) is 0 Å². The first-order valence-electron chi connectivity index (χ1n) is 8.52. The smallest absolute Gasteiger partial charge is 0.418 e. The molecule has 2 N–H and O–H groups in total. The molecule has 150 valence electrons. The number of hydrogen-bond donors (Lipinski definition) is 2. The van der Waals surface area contributed by atoms with E-state index in [1.165, 1.54) is 4.90 Å². The minimum absolute atomic E-state index is 0.0195. The van der Waals surface area contributed by atoms with Crippen LogP contribution in [-0.2, 0) is 10.9 Å². The number of amides is 1. The predicted molar refractivity (Wildman–Crippen MR) is 92.8 cm³/mol. The number of nitrogens with zero attached hydrogens (tertiary/aromatic N) is 1. The third-order valence-corrected chi connectivity index (χ3v) is 5.34. The van der Waals surface area contributed by atoms with Crippen molar-refractivity contribution in [3.8, 4) is 0 Å². The summed E-state index contributed by atoms with van der Waals surface area (Å²) in [6.07, 6.45) is -4.54. The fourth-order valence-electron chi connectivity index (χ4n) is 3.21. The third kappa shape index (κ3) is 4.64. The van der Waals surface area contributed by atoms with Crippen molar-refractivity contribution < 1.29 is 32.6 Å². The highest BCUT2D eigenvalue weighted by Crippen LogP contribution is 2.40. The summed E-state index contributed by atoms with van der Waals surface area (Å²) in [6.45, 7) is 4.33. The van der Waals surface area contributed by atoms with Crippen LogP contribution in [0.4, 0.5) is 23.7 Å². The van der Waals surface area contributed by atoms with E-state index in [-0.39, 0.29) is 17.3 Å². The van der Waals surface area contributed by atoms with E-state index in [2.05, 4.69) is 10.1 Å². The van der Waals surface area contributed by atoms with Gasteiger partial charge in [-0.1, -0.05) is 6.92 Å². The molecule has 0 saturated carbocycles. The minimum Gasteiger partial charge on any atom is -0.465 e. The Bertz CT molecular complexity index is 713. The minimum atomic E-state index is -4.58. The van der Waals surface area contributed by atoms with Gasteiger partial charge in [-0.05, 0) is 43.4 Å². The second-order valence-corrected chi connectivity index (χ2v) is 7.04. The van der Waals surface area contributed by atoms with E-state index in [4.69, 9.17) is 5.11 Å². The lowest BCUT2D eigenvalue weighted by Crippen LogP contribution is -2.47. The topological polar surface area (TPSA) is 78.9 Å². The van der Waals surface area contributed by atoms with Crippen molar-refractivity contribution in [3.05, 3.63) is 29.3 Å². The van der Waals surface area contributed by atoms with Gasteiger partial charge in [-0.2, -0.15) is 13.2 Å². The maximum atomic E-state index is 13.4. The van der Waals surface area contributed by atoms with Gasteiger partial charge in [-0.3, -0.25) is 0 Å². The highest BCUT2D eigenvalue weighted by atomic mass is 19.4. The van der Waals surface area contributed by atoms with Crippen LogP contribution in [0.25, 0.3) is 0 Å². The van der Waals surface area contributed by atoms with Gasteiger partial charge in [0.2, 0.25) is 0 Å². The first kappa shape index (κ1) is 20.9. The summed E-state index contributed by atoms with van der Waals surface area (Å²) in [5.74, 6) is -0.722. The van der Waals surface area contributed by atoms with Gasteiger partial charge in [0.1, 0.15) is 0 Å². The average Bonchev–Trinajstić information content (AvgIpc) is 2.60. The molecule has 1 unspecified atom stereocenters. The molecule has 9 heteroatoms. The lowest BCUT2D eigenvalue weighted by atomic mass is 9.74. The van der Waals surface area contributed by atoms with Gasteiger partial charge in [-0.25, -0.2) is 9.59 Å². The highest BCUT2D eigenvalue weighted by molar-refractivity contribution is 5.90. The number of halogens is 3. The Labute approximate surface area is 155 Å². The summed E-state index contributed by atoms with van der Waals surface area (Å²) in [7, 11) is 1.16. The maximum absolute atomic E-state index is 13.4. The molecule has 0 aromatic heterocycles. The van der Waals surface area contributed by atoms with Crippen molar-refractivity contribution in [2.45, 2.75) is 38.9 Å². The Morgan fingerprint density at radius 2 is 1.89 bits per heavy atom. The number of rotatable bonds is 4. The molecule has 0 radical (unpaired) electrons. The van der Waals surface area contributed by atoms with Gasteiger partial charge in [0.25, 0.3) is 0 Å². The number of hydrogen-bond acceptors (Lipinski definition) is 4. The van der Waals surface area contributed by atoms with Crippen LogP contribution in [-0.4, -0.2) is 48.3 Å². The highest BCUT2D eigenvalue weighted by Gasteiger charge is 2.39.